The average molecular weight is 352 g/mol. The molecule has 0 saturated carbocycles. The van der Waals surface area contributed by atoms with Crippen molar-refractivity contribution in [3.05, 3.63) is 22.8 Å². The zero-order valence-corrected chi connectivity index (χ0v) is 14.9. The first-order valence-corrected chi connectivity index (χ1v) is 8.17. The molecule has 1 aromatic rings. The summed E-state index contributed by atoms with van der Waals surface area (Å²) in [7, 11) is 0. The Morgan fingerprint density at radius 2 is 2.12 bits per heavy atom. The number of nitrogens with one attached hydrogen (secondary N) is 1. The molecule has 0 aromatic carbocycles. The van der Waals surface area contributed by atoms with Crippen LogP contribution in [-0.4, -0.2) is 49.5 Å². The van der Waals surface area contributed by atoms with Gasteiger partial charge in [-0.2, -0.15) is 0 Å². The highest BCUT2D eigenvalue weighted by Gasteiger charge is 2.15. The smallest absolute Gasteiger partial charge is 0.408 e. The van der Waals surface area contributed by atoms with Crippen LogP contribution in [0.25, 0.3) is 0 Å². The minimum atomic E-state index is -0.529. The number of morpholine rings is 1. The number of rotatable bonds is 2. The first-order valence-electron chi connectivity index (χ1n) is 7.79. The van der Waals surface area contributed by atoms with E-state index in [1.807, 2.05) is 6.07 Å². The third kappa shape index (κ3) is 6.26. The van der Waals surface area contributed by atoms with E-state index < -0.39 is 11.7 Å². The van der Waals surface area contributed by atoms with Gasteiger partial charge in [0.15, 0.2) is 0 Å². The Morgan fingerprint density at radius 1 is 1.42 bits per heavy atom. The van der Waals surface area contributed by atoms with Crippen molar-refractivity contribution in [3.63, 3.8) is 0 Å². The number of amides is 1. The minimum Gasteiger partial charge on any atom is -0.444 e. The van der Waals surface area contributed by atoms with Crippen LogP contribution in [0.15, 0.2) is 12.1 Å². The van der Waals surface area contributed by atoms with Gasteiger partial charge in [0.2, 0.25) is 0 Å². The van der Waals surface area contributed by atoms with Crippen molar-refractivity contribution < 1.29 is 14.3 Å². The molecule has 0 aliphatic carbocycles. The zero-order valence-electron chi connectivity index (χ0n) is 14.2. The number of hydrogen-bond acceptors (Lipinski definition) is 5. The standard InChI is InChI=1S/C17H22ClN3O3/c1-17(2,3)24-16(22)19-6-4-5-14-11-13(18)12-15(20-14)21-7-9-23-10-8-21/h11-12H,6-10H2,1-3H3,(H,19,22). The molecule has 0 unspecified atom stereocenters. The highest BCUT2D eigenvalue weighted by atomic mass is 35.5. The molecule has 24 heavy (non-hydrogen) atoms. The number of anilines is 1. The third-order valence-electron chi connectivity index (χ3n) is 3.05. The molecule has 1 fully saturated rings. The number of carbonyl (C=O) groups is 1. The predicted octanol–water partition coefficient (Wildman–Crippen LogP) is 2.45. The maximum absolute atomic E-state index is 11.5. The molecule has 7 heteroatoms. The Labute approximate surface area is 147 Å². The van der Waals surface area contributed by atoms with E-state index in [1.54, 1.807) is 26.8 Å². The molecule has 0 atom stereocenters. The molecule has 130 valence electrons. The predicted molar refractivity (Wildman–Crippen MR) is 93.4 cm³/mol. The summed E-state index contributed by atoms with van der Waals surface area (Å²) in [5.74, 6) is 6.55. The number of hydrogen-bond donors (Lipinski definition) is 1. The number of pyridine rings is 1. The summed E-state index contributed by atoms with van der Waals surface area (Å²) in [4.78, 5) is 18.1. The van der Waals surface area contributed by atoms with E-state index in [4.69, 9.17) is 21.1 Å². The Bertz CT molecular complexity index is 641. The van der Waals surface area contributed by atoms with E-state index >= 15 is 0 Å². The van der Waals surface area contributed by atoms with Gasteiger partial charge in [-0.1, -0.05) is 17.5 Å². The molecule has 0 bridgehead atoms. The van der Waals surface area contributed by atoms with Crippen LogP contribution in [0, 0.1) is 11.8 Å². The van der Waals surface area contributed by atoms with E-state index in [1.165, 1.54) is 0 Å². The summed E-state index contributed by atoms with van der Waals surface area (Å²) < 4.78 is 10.5. The lowest BCUT2D eigenvalue weighted by Gasteiger charge is -2.27. The monoisotopic (exact) mass is 351 g/mol. The number of halogens is 1. The van der Waals surface area contributed by atoms with Crippen molar-refractivity contribution in [3.8, 4) is 11.8 Å². The van der Waals surface area contributed by atoms with Crippen LogP contribution < -0.4 is 10.2 Å². The van der Waals surface area contributed by atoms with Gasteiger partial charge in [-0.15, -0.1) is 0 Å². The molecule has 1 aromatic heterocycles. The van der Waals surface area contributed by atoms with Crippen LogP contribution in [0.3, 0.4) is 0 Å². The molecule has 1 saturated heterocycles. The van der Waals surface area contributed by atoms with Gasteiger partial charge >= 0.3 is 6.09 Å². The van der Waals surface area contributed by atoms with Crippen LogP contribution in [0.4, 0.5) is 10.6 Å². The fourth-order valence-electron chi connectivity index (χ4n) is 2.07. The molecular weight excluding hydrogens is 330 g/mol. The summed E-state index contributed by atoms with van der Waals surface area (Å²) in [6, 6.07) is 3.52. The van der Waals surface area contributed by atoms with Crippen LogP contribution in [0.5, 0.6) is 0 Å². The lowest BCUT2D eigenvalue weighted by Crippen LogP contribution is -2.36. The number of nitrogens with zero attached hydrogens (tertiary/aromatic N) is 2. The van der Waals surface area contributed by atoms with Gasteiger partial charge < -0.3 is 19.7 Å². The zero-order chi connectivity index (χ0) is 17.6. The Morgan fingerprint density at radius 3 is 2.79 bits per heavy atom. The van der Waals surface area contributed by atoms with Gasteiger partial charge in [0.1, 0.15) is 17.1 Å². The largest absolute Gasteiger partial charge is 0.444 e. The van der Waals surface area contributed by atoms with Gasteiger partial charge in [-0.3, -0.25) is 0 Å². The molecule has 0 spiro atoms. The van der Waals surface area contributed by atoms with Crippen molar-refractivity contribution in [2.75, 3.05) is 37.7 Å². The fraction of sp³-hybridized carbons (Fsp3) is 0.529. The SMILES string of the molecule is CC(C)(C)OC(=O)NCC#Cc1cc(Cl)cc(N2CCOCC2)n1. The summed E-state index contributed by atoms with van der Waals surface area (Å²) in [5, 5.41) is 3.16. The summed E-state index contributed by atoms with van der Waals surface area (Å²) in [6.45, 7) is 8.50. The van der Waals surface area contributed by atoms with Crippen molar-refractivity contribution in [1.29, 1.82) is 0 Å². The molecule has 1 N–H and O–H groups in total. The average Bonchev–Trinajstić information content (AvgIpc) is 2.50. The van der Waals surface area contributed by atoms with E-state index in [0.29, 0.717) is 23.9 Å². The van der Waals surface area contributed by atoms with E-state index in [-0.39, 0.29) is 6.54 Å². The lowest BCUT2D eigenvalue weighted by molar-refractivity contribution is 0.0535. The van der Waals surface area contributed by atoms with Crippen molar-refractivity contribution >= 4 is 23.5 Å². The molecule has 0 radical (unpaired) electrons. The van der Waals surface area contributed by atoms with E-state index in [9.17, 15) is 4.79 Å². The Hall–Kier alpha value is -1.97. The second-order valence-electron chi connectivity index (χ2n) is 6.29. The molecule has 1 amide bonds. The van der Waals surface area contributed by atoms with Crippen LogP contribution in [0.1, 0.15) is 26.5 Å². The number of alkyl carbamates (subject to hydrolysis) is 1. The number of aromatic nitrogens is 1. The normalized spacial score (nSPS) is 14.6. The Balaban J connectivity index is 1.95. The minimum absolute atomic E-state index is 0.177. The maximum atomic E-state index is 11.5. The van der Waals surface area contributed by atoms with Gasteiger partial charge in [0.25, 0.3) is 0 Å². The summed E-state index contributed by atoms with van der Waals surface area (Å²) in [5.41, 5.74) is 0.0361. The number of carbonyl (C=O) groups excluding carboxylic acids is 1. The first-order chi connectivity index (χ1) is 11.3. The highest BCUT2D eigenvalue weighted by molar-refractivity contribution is 6.30. The third-order valence-corrected chi connectivity index (χ3v) is 3.27. The fourth-order valence-corrected chi connectivity index (χ4v) is 2.27. The number of ether oxygens (including phenoxy) is 2. The highest BCUT2D eigenvalue weighted by Crippen LogP contribution is 2.19. The van der Waals surface area contributed by atoms with Crippen molar-refractivity contribution in [2.45, 2.75) is 26.4 Å². The van der Waals surface area contributed by atoms with Crippen LogP contribution in [-0.2, 0) is 9.47 Å². The Kier molecular flexibility index (Phi) is 6.29. The second kappa shape index (κ2) is 8.22. The first kappa shape index (κ1) is 18.4. The summed E-state index contributed by atoms with van der Waals surface area (Å²) >= 11 is 6.15. The van der Waals surface area contributed by atoms with Gasteiger partial charge in [-0.25, -0.2) is 9.78 Å². The van der Waals surface area contributed by atoms with Crippen molar-refractivity contribution in [1.82, 2.24) is 10.3 Å². The molecule has 1 aliphatic rings. The summed E-state index contributed by atoms with van der Waals surface area (Å²) in [6.07, 6.45) is -0.496. The molecule has 1 aliphatic heterocycles. The van der Waals surface area contributed by atoms with Crippen molar-refractivity contribution in [2.24, 2.45) is 0 Å². The van der Waals surface area contributed by atoms with Crippen LogP contribution >= 0.6 is 11.6 Å². The van der Waals surface area contributed by atoms with E-state index in [0.717, 1.165) is 18.9 Å². The molecule has 2 heterocycles. The quantitative estimate of drug-likeness (QED) is 0.829. The molecule has 2 rings (SSSR count). The van der Waals surface area contributed by atoms with Crippen LogP contribution in [0.2, 0.25) is 5.02 Å². The molecular formula is C17H22ClN3O3. The lowest BCUT2D eigenvalue weighted by atomic mass is 10.2. The van der Waals surface area contributed by atoms with Gasteiger partial charge in [0.05, 0.1) is 19.8 Å². The second-order valence-corrected chi connectivity index (χ2v) is 6.72. The molecule has 6 nitrogen and oxygen atoms in total. The van der Waals surface area contributed by atoms with Gasteiger partial charge in [0, 0.05) is 18.1 Å². The van der Waals surface area contributed by atoms with Gasteiger partial charge in [-0.05, 0) is 38.8 Å². The maximum Gasteiger partial charge on any atom is 0.408 e. The topological polar surface area (TPSA) is 63.7 Å². The van der Waals surface area contributed by atoms with E-state index in [2.05, 4.69) is 27.0 Å².